The third-order valence-corrected chi connectivity index (χ3v) is 4.60. The lowest BCUT2D eigenvalue weighted by Crippen LogP contribution is -2.35. The van der Waals surface area contributed by atoms with Crippen molar-refractivity contribution in [3.63, 3.8) is 0 Å². The number of nitrogens with two attached hydrogens (primary N) is 1. The first kappa shape index (κ1) is 16.4. The molecule has 1 aliphatic heterocycles. The number of aryl methyl sites for hydroxylation is 1. The van der Waals surface area contributed by atoms with Gasteiger partial charge >= 0.3 is 5.69 Å². The number of aromatic amines is 3. The highest BCUT2D eigenvalue weighted by Crippen LogP contribution is 2.40. The lowest BCUT2D eigenvalue weighted by Gasteiger charge is -2.28. The summed E-state index contributed by atoms with van der Waals surface area (Å²) in [5.41, 5.74) is 5.74. The number of hydrogen-bond donors (Lipinski definition) is 5. The van der Waals surface area contributed by atoms with Crippen LogP contribution in [0.3, 0.4) is 0 Å². The minimum atomic E-state index is -0.783. The Bertz CT molecular complexity index is 1290. The lowest BCUT2D eigenvalue weighted by molar-refractivity contribution is 0.870. The van der Waals surface area contributed by atoms with Gasteiger partial charge in [-0.25, -0.2) is 4.79 Å². The van der Waals surface area contributed by atoms with Crippen molar-refractivity contribution in [1.29, 1.82) is 5.26 Å². The number of benzene rings is 1. The molecule has 134 valence electrons. The molecular formula is C18H14N6O3. The Kier molecular flexibility index (Phi) is 3.49. The maximum Gasteiger partial charge on any atom is 0.327 e. The average Bonchev–Trinajstić information content (AvgIpc) is 2.61. The van der Waals surface area contributed by atoms with E-state index in [0.717, 1.165) is 5.56 Å². The van der Waals surface area contributed by atoms with E-state index in [4.69, 9.17) is 5.73 Å². The van der Waals surface area contributed by atoms with Crippen molar-refractivity contribution in [3.05, 3.63) is 83.1 Å². The number of aromatic nitrogens is 3. The van der Waals surface area contributed by atoms with Gasteiger partial charge < -0.3 is 16.0 Å². The molecule has 0 fully saturated rings. The second-order valence-corrected chi connectivity index (χ2v) is 6.31. The van der Waals surface area contributed by atoms with Gasteiger partial charge in [0.15, 0.2) is 0 Å². The van der Waals surface area contributed by atoms with E-state index in [2.05, 4.69) is 20.3 Å². The summed E-state index contributed by atoms with van der Waals surface area (Å²) in [6, 6.07) is 9.10. The fourth-order valence-corrected chi connectivity index (χ4v) is 3.35. The monoisotopic (exact) mass is 362 g/mol. The molecule has 6 N–H and O–H groups in total. The Morgan fingerprint density at radius 1 is 1.00 bits per heavy atom. The van der Waals surface area contributed by atoms with Crippen LogP contribution in [0, 0.1) is 18.3 Å². The summed E-state index contributed by atoms with van der Waals surface area (Å²) in [5, 5.41) is 12.1. The molecule has 1 atom stereocenters. The number of nitrogen functional groups attached to an aromatic ring is 1. The van der Waals surface area contributed by atoms with Gasteiger partial charge in [0.2, 0.25) is 5.43 Å². The first-order valence-electron chi connectivity index (χ1n) is 8.06. The van der Waals surface area contributed by atoms with E-state index in [0.29, 0.717) is 5.56 Å². The zero-order chi connectivity index (χ0) is 19.3. The molecule has 9 nitrogen and oxygen atoms in total. The smallest absolute Gasteiger partial charge is 0.327 e. The van der Waals surface area contributed by atoms with Crippen LogP contribution < -0.4 is 27.7 Å². The first-order valence-corrected chi connectivity index (χ1v) is 8.06. The van der Waals surface area contributed by atoms with Crippen molar-refractivity contribution in [3.8, 4) is 6.07 Å². The standard InChI is InChI=1S/C18H14N6O3/c1-7-2-4-8(5-3-7)10-11-13(25)9(6-19)14(20)21-15(11)22-16-12(10)17(26)24-18(27)23-16/h2-5,10H,1H3,(H6,20,21,22,23,24,25,26,27). The number of nitrogens with zero attached hydrogens (tertiary/aromatic N) is 1. The lowest BCUT2D eigenvalue weighted by atomic mass is 9.83. The van der Waals surface area contributed by atoms with E-state index in [1.165, 1.54) is 0 Å². The van der Waals surface area contributed by atoms with Crippen LogP contribution in [0.5, 0.6) is 0 Å². The van der Waals surface area contributed by atoms with Gasteiger partial charge in [-0.1, -0.05) is 29.8 Å². The first-order chi connectivity index (χ1) is 12.9. The topological polar surface area (TPSA) is 160 Å². The number of H-pyrrole nitrogens is 3. The van der Waals surface area contributed by atoms with Crippen LogP contribution in [0.1, 0.15) is 33.7 Å². The summed E-state index contributed by atoms with van der Waals surface area (Å²) in [6.07, 6.45) is 0. The van der Waals surface area contributed by atoms with Crippen LogP contribution in [0.25, 0.3) is 0 Å². The average molecular weight is 362 g/mol. The van der Waals surface area contributed by atoms with E-state index in [-0.39, 0.29) is 34.1 Å². The summed E-state index contributed by atoms with van der Waals surface area (Å²) in [4.78, 5) is 44.7. The molecule has 1 aliphatic rings. The molecule has 0 bridgehead atoms. The Morgan fingerprint density at radius 3 is 2.33 bits per heavy atom. The molecule has 0 spiro atoms. The fourth-order valence-electron chi connectivity index (χ4n) is 3.35. The van der Waals surface area contributed by atoms with E-state index >= 15 is 0 Å². The maximum absolute atomic E-state index is 13.0. The Morgan fingerprint density at radius 2 is 1.67 bits per heavy atom. The van der Waals surface area contributed by atoms with Gasteiger partial charge in [-0.05, 0) is 12.5 Å². The molecule has 9 heteroatoms. The van der Waals surface area contributed by atoms with E-state index < -0.39 is 22.6 Å². The molecule has 3 heterocycles. The highest BCUT2D eigenvalue weighted by atomic mass is 16.2. The Balaban J connectivity index is 2.13. The van der Waals surface area contributed by atoms with E-state index in [1.807, 2.05) is 19.1 Å². The molecule has 4 rings (SSSR count). The minimum absolute atomic E-state index is 0.0907. The van der Waals surface area contributed by atoms with Crippen molar-refractivity contribution < 1.29 is 0 Å². The zero-order valence-electron chi connectivity index (χ0n) is 14.1. The quantitative estimate of drug-likeness (QED) is 0.336. The Labute approximate surface area is 151 Å². The summed E-state index contributed by atoms with van der Waals surface area (Å²) in [5.74, 6) is -0.474. The normalized spacial score (nSPS) is 14.6. The zero-order valence-corrected chi connectivity index (χ0v) is 14.1. The molecule has 0 aliphatic carbocycles. The molecule has 2 aromatic heterocycles. The number of nitriles is 1. The third kappa shape index (κ3) is 2.43. The van der Waals surface area contributed by atoms with Gasteiger partial charge in [0.1, 0.15) is 29.1 Å². The van der Waals surface area contributed by atoms with Gasteiger partial charge in [0.05, 0.1) is 17.0 Å². The number of nitrogens with one attached hydrogen (secondary N) is 4. The van der Waals surface area contributed by atoms with Gasteiger partial charge in [0.25, 0.3) is 5.56 Å². The number of anilines is 3. The summed E-state index contributed by atoms with van der Waals surface area (Å²) < 4.78 is 0. The van der Waals surface area contributed by atoms with Crippen LogP contribution in [0.4, 0.5) is 17.5 Å². The number of pyridine rings is 1. The van der Waals surface area contributed by atoms with Crippen LogP contribution in [-0.2, 0) is 0 Å². The van der Waals surface area contributed by atoms with Gasteiger partial charge in [-0.2, -0.15) is 5.26 Å². The fraction of sp³-hybridized carbons (Fsp3) is 0.111. The molecule has 1 unspecified atom stereocenters. The molecule has 0 saturated carbocycles. The maximum atomic E-state index is 13.0. The van der Waals surface area contributed by atoms with Crippen LogP contribution in [0.2, 0.25) is 0 Å². The molecule has 0 radical (unpaired) electrons. The van der Waals surface area contributed by atoms with Gasteiger partial charge in [-0.3, -0.25) is 19.6 Å². The van der Waals surface area contributed by atoms with Crippen LogP contribution >= 0.6 is 0 Å². The number of fused-ring (bicyclic) bond motifs is 2. The molecule has 3 aromatic rings. The predicted molar refractivity (Wildman–Crippen MR) is 99.3 cm³/mol. The summed E-state index contributed by atoms with van der Waals surface area (Å²) >= 11 is 0. The Hall–Kier alpha value is -4.06. The molecule has 0 saturated heterocycles. The second-order valence-electron chi connectivity index (χ2n) is 6.31. The van der Waals surface area contributed by atoms with Crippen LogP contribution in [0.15, 0.2) is 38.6 Å². The van der Waals surface area contributed by atoms with Gasteiger partial charge in [0, 0.05) is 0 Å². The van der Waals surface area contributed by atoms with E-state index in [1.54, 1.807) is 18.2 Å². The SMILES string of the molecule is Cc1ccc(C2c3c([nH]c(=O)[nH]c3=O)Nc3[nH]c(N)c(C#N)c(=O)c32)cc1. The van der Waals surface area contributed by atoms with Crippen molar-refractivity contribution in [2.75, 3.05) is 11.1 Å². The van der Waals surface area contributed by atoms with Crippen molar-refractivity contribution in [2.24, 2.45) is 0 Å². The van der Waals surface area contributed by atoms with Crippen molar-refractivity contribution in [1.82, 2.24) is 15.0 Å². The number of hydrogen-bond acceptors (Lipinski definition) is 6. The highest BCUT2D eigenvalue weighted by molar-refractivity contribution is 5.73. The molecule has 0 amide bonds. The number of rotatable bonds is 1. The van der Waals surface area contributed by atoms with Gasteiger partial charge in [-0.15, -0.1) is 0 Å². The molecule has 1 aromatic carbocycles. The van der Waals surface area contributed by atoms with E-state index in [9.17, 15) is 19.6 Å². The highest BCUT2D eigenvalue weighted by Gasteiger charge is 2.34. The van der Waals surface area contributed by atoms with Crippen LogP contribution in [-0.4, -0.2) is 15.0 Å². The second kappa shape index (κ2) is 5.74. The summed E-state index contributed by atoms with van der Waals surface area (Å²) in [6.45, 7) is 1.92. The third-order valence-electron chi connectivity index (χ3n) is 4.60. The summed E-state index contributed by atoms with van der Waals surface area (Å²) in [7, 11) is 0. The minimum Gasteiger partial charge on any atom is -0.384 e. The predicted octanol–water partition coefficient (Wildman–Crippen LogP) is 0.751. The molecular weight excluding hydrogens is 348 g/mol. The van der Waals surface area contributed by atoms with Crippen molar-refractivity contribution in [2.45, 2.75) is 12.8 Å². The largest absolute Gasteiger partial charge is 0.384 e. The molecule has 27 heavy (non-hydrogen) atoms. The van der Waals surface area contributed by atoms with Crippen molar-refractivity contribution >= 4 is 17.5 Å².